The molecule has 0 spiro atoms. The molecule has 1 aliphatic rings. The third kappa shape index (κ3) is 3.79. The molecule has 2 heterocycles. The minimum atomic E-state index is -0.00536. The summed E-state index contributed by atoms with van der Waals surface area (Å²) in [4.78, 5) is 18.0. The Morgan fingerprint density at radius 3 is 2.70 bits per heavy atom. The molecule has 1 amide bonds. The predicted molar refractivity (Wildman–Crippen MR) is 94.8 cm³/mol. The molecule has 1 fully saturated rings. The van der Waals surface area contributed by atoms with Crippen molar-refractivity contribution in [1.82, 2.24) is 15.6 Å². The van der Waals surface area contributed by atoms with Crippen LogP contribution in [0.25, 0.3) is 11.3 Å². The van der Waals surface area contributed by atoms with Gasteiger partial charge in [-0.2, -0.15) is 0 Å². The first kappa shape index (κ1) is 16.1. The van der Waals surface area contributed by atoms with Crippen molar-refractivity contribution in [1.29, 1.82) is 0 Å². The van der Waals surface area contributed by atoms with E-state index in [1.807, 2.05) is 37.3 Å². The van der Waals surface area contributed by atoms with Gasteiger partial charge in [0.2, 0.25) is 0 Å². The van der Waals surface area contributed by atoms with Crippen LogP contribution in [0.4, 0.5) is 0 Å². The molecule has 4 nitrogen and oxygen atoms in total. The summed E-state index contributed by atoms with van der Waals surface area (Å²) in [6, 6.07) is 9.92. The molecule has 0 saturated carbocycles. The van der Waals surface area contributed by atoms with Crippen molar-refractivity contribution < 1.29 is 4.79 Å². The second-order valence-corrected chi connectivity index (χ2v) is 7.72. The summed E-state index contributed by atoms with van der Waals surface area (Å²) in [5.74, 6) is -0.00536. The highest BCUT2D eigenvalue weighted by Crippen LogP contribution is 2.29. The summed E-state index contributed by atoms with van der Waals surface area (Å²) in [6.45, 7) is 6.98. The zero-order valence-corrected chi connectivity index (χ0v) is 14.5. The fourth-order valence-corrected chi connectivity index (χ4v) is 3.81. The number of benzene rings is 1. The summed E-state index contributed by atoms with van der Waals surface area (Å²) in [5.41, 5.74) is 1.98. The third-order valence-corrected chi connectivity index (χ3v) is 5.44. The second kappa shape index (κ2) is 6.81. The molecule has 0 atom stereocenters. The lowest BCUT2D eigenvalue weighted by Gasteiger charge is -2.34. The summed E-state index contributed by atoms with van der Waals surface area (Å²) < 4.78 is 0. The Morgan fingerprint density at radius 2 is 2.00 bits per heavy atom. The number of thiazole rings is 1. The molecule has 5 heteroatoms. The van der Waals surface area contributed by atoms with Gasteiger partial charge in [-0.05, 0) is 38.3 Å². The smallest absolute Gasteiger partial charge is 0.263 e. The number of carbonyl (C=O) groups excluding carboxylic acids is 1. The van der Waals surface area contributed by atoms with Crippen molar-refractivity contribution >= 4 is 17.2 Å². The fourth-order valence-electron chi connectivity index (χ4n) is 2.95. The van der Waals surface area contributed by atoms with E-state index < -0.39 is 0 Å². The van der Waals surface area contributed by atoms with Crippen molar-refractivity contribution in [2.24, 2.45) is 5.41 Å². The van der Waals surface area contributed by atoms with Crippen LogP contribution in [-0.4, -0.2) is 30.5 Å². The average Bonchev–Trinajstić information content (AvgIpc) is 2.96. The van der Waals surface area contributed by atoms with Gasteiger partial charge in [0.15, 0.2) is 0 Å². The normalized spacial score (nSPS) is 17.0. The van der Waals surface area contributed by atoms with E-state index >= 15 is 0 Å². The molecule has 1 aliphatic heterocycles. The third-order valence-electron chi connectivity index (χ3n) is 4.47. The van der Waals surface area contributed by atoms with E-state index in [0.29, 0.717) is 4.88 Å². The number of amides is 1. The first-order chi connectivity index (χ1) is 11.1. The van der Waals surface area contributed by atoms with Crippen LogP contribution >= 0.6 is 11.3 Å². The first-order valence-electron chi connectivity index (χ1n) is 8.09. The molecule has 0 unspecified atom stereocenters. The number of rotatable bonds is 4. The Hall–Kier alpha value is -1.72. The van der Waals surface area contributed by atoms with E-state index in [9.17, 15) is 4.79 Å². The van der Waals surface area contributed by atoms with Gasteiger partial charge in [-0.15, -0.1) is 11.3 Å². The van der Waals surface area contributed by atoms with Crippen LogP contribution in [0.2, 0.25) is 0 Å². The Morgan fingerprint density at radius 1 is 1.30 bits per heavy atom. The van der Waals surface area contributed by atoms with Gasteiger partial charge in [-0.25, -0.2) is 4.98 Å². The molecule has 0 bridgehead atoms. The SMILES string of the molecule is Cc1nc(-c2ccccc2)c(C(=O)NCC2(C)CCNCC2)s1. The highest BCUT2D eigenvalue weighted by molar-refractivity contribution is 7.14. The molecular formula is C18H23N3OS. The van der Waals surface area contributed by atoms with E-state index in [-0.39, 0.29) is 11.3 Å². The van der Waals surface area contributed by atoms with E-state index in [2.05, 4.69) is 22.5 Å². The molecule has 1 saturated heterocycles. The quantitative estimate of drug-likeness (QED) is 0.905. The molecule has 2 N–H and O–H groups in total. The number of aryl methyl sites for hydroxylation is 1. The lowest BCUT2D eigenvalue weighted by molar-refractivity contribution is 0.0927. The van der Waals surface area contributed by atoms with Gasteiger partial charge in [0.05, 0.1) is 10.7 Å². The zero-order chi connectivity index (χ0) is 16.3. The Bertz CT molecular complexity index is 675. The van der Waals surface area contributed by atoms with E-state index in [1.54, 1.807) is 0 Å². The van der Waals surface area contributed by atoms with Crippen LogP contribution in [0.5, 0.6) is 0 Å². The minimum Gasteiger partial charge on any atom is -0.351 e. The first-order valence-corrected chi connectivity index (χ1v) is 8.91. The van der Waals surface area contributed by atoms with Crippen molar-refractivity contribution in [3.8, 4) is 11.3 Å². The Labute approximate surface area is 141 Å². The largest absolute Gasteiger partial charge is 0.351 e. The van der Waals surface area contributed by atoms with Crippen LogP contribution in [0, 0.1) is 12.3 Å². The standard InChI is InChI=1S/C18H23N3OS/c1-13-21-15(14-6-4-3-5-7-14)16(23-13)17(22)20-12-18(2)8-10-19-11-9-18/h3-7,19H,8-12H2,1-2H3,(H,20,22). The van der Waals surface area contributed by atoms with Gasteiger partial charge in [0.25, 0.3) is 5.91 Å². The molecule has 23 heavy (non-hydrogen) atoms. The van der Waals surface area contributed by atoms with Crippen LogP contribution in [-0.2, 0) is 0 Å². The summed E-state index contributed by atoms with van der Waals surface area (Å²) in [6.07, 6.45) is 2.20. The summed E-state index contributed by atoms with van der Waals surface area (Å²) in [5, 5.41) is 7.43. The van der Waals surface area contributed by atoms with Crippen molar-refractivity contribution in [2.75, 3.05) is 19.6 Å². The number of hydrogen-bond donors (Lipinski definition) is 2. The topological polar surface area (TPSA) is 54.0 Å². The fraction of sp³-hybridized carbons (Fsp3) is 0.444. The molecule has 1 aromatic carbocycles. The maximum absolute atomic E-state index is 12.7. The highest BCUT2D eigenvalue weighted by atomic mass is 32.1. The van der Waals surface area contributed by atoms with Gasteiger partial charge >= 0.3 is 0 Å². The van der Waals surface area contributed by atoms with Crippen LogP contribution < -0.4 is 10.6 Å². The highest BCUT2D eigenvalue weighted by Gasteiger charge is 2.28. The van der Waals surface area contributed by atoms with Crippen LogP contribution in [0.1, 0.15) is 34.4 Å². The van der Waals surface area contributed by atoms with Crippen LogP contribution in [0.15, 0.2) is 30.3 Å². The summed E-state index contributed by atoms with van der Waals surface area (Å²) >= 11 is 1.47. The van der Waals surface area contributed by atoms with E-state index in [0.717, 1.165) is 48.7 Å². The maximum Gasteiger partial charge on any atom is 0.263 e. The Balaban J connectivity index is 1.75. The van der Waals surface area contributed by atoms with Gasteiger partial charge in [-0.1, -0.05) is 37.3 Å². The van der Waals surface area contributed by atoms with Gasteiger partial charge in [0.1, 0.15) is 4.88 Å². The molecular weight excluding hydrogens is 306 g/mol. The van der Waals surface area contributed by atoms with Crippen molar-refractivity contribution in [3.63, 3.8) is 0 Å². The molecule has 0 aliphatic carbocycles. The maximum atomic E-state index is 12.7. The van der Waals surface area contributed by atoms with E-state index in [4.69, 9.17) is 0 Å². The number of nitrogens with one attached hydrogen (secondary N) is 2. The predicted octanol–water partition coefficient (Wildman–Crippen LogP) is 3.24. The molecule has 122 valence electrons. The lowest BCUT2D eigenvalue weighted by Crippen LogP contribution is -2.42. The Kier molecular flexibility index (Phi) is 4.78. The van der Waals surface area contributed by atoms with Gasteiger partial charge in [0, 0.05) is 12.1 Å². The monoisotopic (exact) mass is 329 g/mol. The second-order valence-electron chi connectivity index (χ2n) is 6.52. The number of aromatic nitrogens is 1. The van der Waals surface area contributed by atoms with Crippen LogP contribution in [0.3, 0.4) is 0 Å². The number of piperidine rings is 1. The van der Waals surface area contributed by atoms with Gasteiger partial charge < -0.3 is 10.6 Å². The van der Waals surface area contributed by atoms with Crippen molar-refractivity contribution in [2.45, 2.75) is 26.7 Å². The number of carbonyl (C=O) groups is 1. The molecule has 1 aromatic heterocycles. The molecule has 2 aromatic rings. The summed E-state index contributed by atoms with van der Waals surface area (Å²) in [7, 11) is 0. The molecule has 0 radical (unpaired) electrons. The molecule has 3 rings (SSSR count). The number of nitrogens with zero attached hydrogens (tertiary/aromatic N) is 1. The zero-order valence-electron chi connectivity index (χ0n) is 13.7. The van der Waals surface area contributed by atoms with Gasteiger partial charge in [-0.3, -0.25) is 4.79 Å². The average molecular weight is 329 g/mol. The lowest BCUT2D eigenvalue weighted by atomic mass is 9.81. The van der Waals surface area contributed by atoms with Crippen molar-refractivity contribution in [3.05, 3.63) is 40.2 Å². The number of hydrogen-bond acceptors (Lipinski definition) is 4. The minimum absolute atomic E-state index is 0.00536. The van der Waals surface area contributed by atoms with E-state index in [1.165, 1.54) is 11.3 Å².